The summed E-state index contributed by atoms with van der Waals surface area (Å²) in [5.41, 5.74) is -0.0304. The average molecular weight is 279 g/mol. The van der Waals surface area contributed by atoms with Crippen LogP contribution in [0.4, 0.5) is 0 Å². The molecule has 19 heavy (non-hydrogen) atoms. The normalized spacial score (nSPS) is 15.8. The number of nitrogens with zero attached hydrogens (tertiary/aromatic N) is 1. The van der Waals surface area contributed by atoms with Crippen molar-refractivity contribution in [1.82, 2.24) is 0 Å². The van der Waals surface area contributed by atoms with Crippen molar-refractivity contribution < 1.29 is 14.6 Å². The lowest BCUT2D eigenvalue weighted by Gasteiger charge is -2.12. The predicted molar refractivity (Wildman–Crippen MR) is 72.7 cm³/mol. The van der Waals surface area contributed by atoms with Crippen LogP contribution in [0.2, 0.25) is 0 Å². The highest BCUT2D eigenvalue weighted by Crippen LogP contribution is 2.49. The third kappa shape index (κ3) is 3.27. The van der Waals surface area contributed by atoms with Crippen LogP contribution in [-0.4, -0.2) is 17.7 Å². The summed E-state index contributed by atoms with van der Waals surface area (Å²) < 4.78 is 5.68. The Morgan fingerprint density at radius 1 is 1.63 bits per heavy atom. The zero-order valence-corrected chi connectivity index (χ0v) is 11.8. The third-order valence-corrected chi connectivity index (χ3v) is 4.55. The molecule has 1 aromatic rings. The molecule has 5 heteroatoms. The fourth-order valence-corrected chi connectivity index (χ4v) is 3.04. The van der Waals surface area contributed by atoms with Gasteiger partial charge in [-0.25, -0.2) is 4.79 Å². The van der Waals surface area contributed by atoms with Gasteiger partial charge in [0.05, 0.1) is 12.7 Å². The molecule has 0 saturated heterocycles. The predicted octanol–water partition coefficient (Wildman–Crippen LogP) is 3.47. The topological polar surface area (TPSA) is 70.3 Å². The Hall–Kier alpha value is -1.54. The first kappa shape index (κ1) is 13.9. The van der Waals surface area contributed by atoms with Gasteiger partial charge in [-0.15, -0.1) is 11.3 Å². The number of ether oxygens (including phenoxy) is 1. The number of hydrogen-bond acceptors (Lipinski definition) is 4. The van der Waals surface area contributed by atoms with Crippen LogP contribution < -0.4 is 4.74 Å². The molecule has 1 aliphatic rings. The van der Waals surface area contributed by atoms with Crippen LogP contribution in [0.5, 0.6) is 5.75 Å². The Bertz CT molecular complexity index is 511. The number of carboxylic acid groups (broad SMARTS) is 1. The maximum absolute atomic E-state index is 11.2. The molecule has 2 rings (SSSR count). The molecule has 0 unspecified atom stereocenters. The van der Waals surface area contributed by atoms with Crippen LogP contribution in [0.3, 0.4) is 0 Å². The van der Waals surface area contributed by atoms with Gasteiger partial charge in [-0.05, 0) is 25.3 Å². The fourth-order valence-electron chi connectivity index (χ4n) is 2.00. The Labute approximate surface area is 116 Å². The summed E-state index contributed by atoms with van der Waals surface area (Å²) in [5, 5.41) is 17.9. The van der Waals surface area contributed by atoms with E-state index in [0.29, 0.717) is 18.8 Å². The van der Waals surface area contributed by atoms with Crippen molar-refractivity contribution in [2.75, 3.05) is 6.61 Å². The quantitative estimate of drug-likeness (QED) is 0.829. The first-order valence-electron chi connectivity index (χ1n) is 6.46. The van der Waals surface area contributed by atoms with Crippen LogP contribution >= 0.6 is 11.3 Å². The first-order valence-corrected chi connectivity index (χ1v) is 7.27. The summed E-state index contributed by atoms with van der Waals surface area (Å²) in [6.07, 6.45) is 4.33. The molecule has 0 aliphatic heterocycles. The second kappa shape index (κ2) is 5.62. The molecule has 1 N–H and O–H groups in total. The van der Waals surface area contributed by atoms with E-state index in [4.69, 9.17) is 10.00 Å². The highest BCUT2D eigenvalue weighted by molar-refractivity contribution is 7.14. The van der Waals surface area contributed by atoms with Gasteiger partial charge in [0, 0.05) is 16.7 Å². The number of hydrogen-bond donors (Lipinski definition) is 1. The van der Waals surface area contributed by atoms with Gasteiger partial charge in [-0.3, -0.25) is 0 Å². The lowest BCUT2D eigenvalue weighted by atomic mass is 10.1. The van der Waals surface area contributed by atoms with Crippen LogP contribution in [-0.2, 0) is 6.42 Å². The molecular weight excluding hydrogens is 262 g/mol. The summed E-state index contributed by atoms with van der Waals surface area (Å²) in [6, 6.07) is 4.01. The number of rotatable bonds is 7. The van der Waals surface area contributed by atoms with Crippen LogP contribution in [0.1, 0.15) is 47.2 Å². The molecule has 0 radical (unpaired) electrons. The zero-order valence-electron chi connectivity index (χ0n) is 10.9. The summed E-state index contributed by atoms with van der Waals surface area (Å²) >= 11 is 1.29. The van der Waals surface area contributed by atoms with E-state index in [1.54, 1.807) is 0 Å². The fraction of sp³-hybridized carbons (Fsp3) is 0.571. The molecule has 1 aliphatic carbocycles. The van der Waals surface area contributed by atoms with Gasteiger partial charge in [0.1, 0.15) is 5.75 Å². The van der Waals surface area contributed by atoms with Crippen molar-refractivity contribution in [3.05, 3.63) is 15.8 Å². The van der Waals surface area contributed by atoms with E-state index < -0.39 is 5.97 Å². The summed E-state index contributed by atoms with van der Waals surface area (Å²) in [5.74, 6) is -0.474. The molecule has 102 valence electrons. The van der Waals surface area contributed by atoms with Crippen molar-refractivity contribution in [2.45, 2.75) is 39.0 Å². The SMILES string of the molecule is CCCc1cc(OCC2(CC#N)CC2)c(C(=O)O)s1. The van der Waals surface area contributed by atoms with Gasteiger partial charge >= 0.3 is 5.97 Å². The van der Waals surface area contributed by atoms with Gasteiger partial charge < -0.3 is 9.84 Å². The average Bonchev–Trinajstić information content (AvgIpc) is 3.00. The Morgan fingerprint density at radius 3 is 2.89 bits per heavy atom. The maximum Gasteiger partial charge on any atom is 0.349 e. The number of carbonyl (C=O) groups is 1. The molecule has 1 heterocycles. The van der Waals surface area contributed by atoms with E-state index >= 15 is 0 Å². The second-order valence-electron chi connectivity index (χ2n) is 5.08. The molecule has 0 amide bonds. The summed E-state index contributed by atoms with van der Waals surface area (Å²) in [7, 11) is 0. The minimum absolute atomic E-state index is 0.0304. The monoisotopic (exact) mass is 279 g/mol. The second-order valence-corrected chi connectivity index (χ2v) is 6.22. The largest absolute Gasteiger partial charge is 0.491 e. The standard InChI is InChI=1S/C14H17NO3S/c1-2-3-10-8-11(12(19-10)13(16)17)18-9-14(4-5-14)6-7-15/h8H,2-6,9H2,1H3,(H,16,17). The van der Waals surface area contributed by atoms with E-state index in [9.17, 15) is 9.90 Å². The lowest BCUT2D eigenvalue weighted by Crippen LogP contribution is -2.13. The molecular formula is C14H17NO3S. The first-order chi connectivity index (χ1) is 9.10. The number of aromatic carboxylic acids is 1. The summed E-state index contributed by atoms with van der Waals surface area (Å²) in [6.45, 7) is 2.51. The molecule has 0 aromatic carbocycles. The van der Waals surface area contributed by atoms with E-state index in [2.05, 4.69) is 13.0 Å². The minimum atomic E-state index is -0.938. The summed E-state index contributed by atoms with van der Waals surface area (Å²) in [4.78, 5) is 12.5. The number of nitriles is 1. The van der Waals surface area contributed by atoms with Gasteiger partial charge in [0.25, 0.3) is 0 Å². The molecule has 4 nitrogen and oxygen atoms in total. The van der Waals surface area contributed by atoms with Gasteiger partial charge in [-0.2, -0.15) is 5.26 Å². The van der Waals surface area contributed by atoms with Gasteiger partial charge in [0.15, 0.2) is 4.88 Å². The Balaban J connectivity index is 2.06. The van der Waals surface area contributed by atoms with Crippen molar-refractivity contribution in [3.8, 4) is 11.8 Å². The molecule has 1 aromatic heterocycles. The number of carboxylic acids is 1. The lowest BCUT2D eigenvalue weighted by molar-refractivity contribution is 0.0696. The molecule has 1 saturated carbocycles. The van der Waals surface area contributed by atoms with E-state index in [1.165, 1.54) is 11.3 Å². The molecule has 0 atom stereocenters. The smallest absolute Gasteiger partial charge is 0.349 e. The van der Waals surface area contributed by atoms with E-state index in [-0.39, 0.29) is 10.3 Å². The van der Waals surface area contributed by atoms with Crippen LogP contribution in [0.15, 0.2) is 6.07 Å². The molecule has 0 bridgehead atoms. The van der Waals surface area contributed by atoms with Crippen molar-refractivity contribution in [3.63, 3.8) is 0 Å². The van der Waals surface area contributed by atoms with Crippen molar-refractivity contribution >= 4 is 17.3 Å². The molecule has 0 spiro atoms. The Kier molecular flexibility index (Phi) is 4.11. The third-order valence-electron chi connectivity index (χ3n) is 3.38. The Morgan fingerprint density at radius 2 is 2.37 bits per heavy atom. The minimum Gasteiger partial charge on any atom is -0.491 e. The highest BCUT2D eigenvalue weighted by atomic mass is 32.1. The van der Waals surface area contributed by atoms with Crippen molar-refractivity contribution in [1.29, 1.82) is 5.26 Å². The van der Waals surface area contributed by atoms with Gasteiger partial charge in [-0.1, -0.05) is 13.3 Å². The number of thiophene rings is 1. The number of aryl methyl sites for hydroxylation is 1. The van der Waals surface area contributed by atoms with Gasteiger partial charge in [0.2, 0.25) is 0 Å². The molecule has 1 fully saturated rings. The van der Waals surface area contributed by atoms with Crippen molar-refractivity contribution in [2.24, 2.45) is 5.41 Å². The van der Waals surface area contributed by atoms with Crippen LogP contribution in [0, 0.1) is 16.7 Å². The zero-order chi connectivity index (χ0) is 13.9. The van der Waals surface area contributed by atoms with Crippen LogP contribution in [0.25, 0.3) is 0 Å². The van der Waals surface area contributed by atoms with E-state index in [1.807, 2.05) is 6.07 Å². The van der Waals surface area contributed by atoms with E-state index in [0.717, 1.165) is 30.6 Å². The highest BCUT2D eigenvalue weighted by Gasteiger charge is 2.43. The maximum atomic E-state index is 11.2.